The molecule has 0 saturated carbocycles. The average Bonchev–Trinajstić information content (AvgIpc) is 2.18. The first-order chi connectivity index (χ1) is 7.16. The fourth-order valence-electron chi connectivity index (χ4n) is 1.50. The molecule has 0 amide bonds. The largest absolute Gasteiger partial charge is 0.481 e. The predicted molar refractivity (Wildman–Crippen MR) is 66.5 cm³/mol. The molecule has 1 heterocycles. The Morgan fingerprint density at radius 2 is 2.12 bits per heavy atom. The molecule has 0 aliphatic rings. The minimum Gasteiger partial charge on any atom is -0.481 e. The quantitative estimate of drug-likeness (QED) is 0.854. The van der Waals surface area contributed by atoms with Gasteiger partial charge in [0.25, 0.3) is 0 Å². The molecular weight excluding hydrogens is 265 g/mol. The number of nitrogens with zero attached hydrogens (tertiary/aromatic N) is 1. The second-order valence-corrected chi connectivity index (χ2v) is 4.15. The van der Waals surface area contributed by atoms with Gasteiger partial charge in [-0.3, -0.25) is 9.78 Å². The number of halogens is 1. The third kappa shape index (κ3) is 2.85. The number of pyridine rings is 1. The first-order valence-corrected chi connectivity index (χ1v) is 5.20. The van der Waals surface area contributed by atoms with Crippen molar-refractivity contribution in [1.82, 2.24) is 4.98 Å². The average molecular weight is 273 g/mol. The van der Waals surface area contributed by atoms with Crippen molar-refractivity contribution < 1.29 is 9.90 Å². The maximum Gasteiger partial charge on any atom is 0.307 e. The maximum absolute atomic E-state index is 10.7. The zero-order valence-electron chi connectivity index (χ0n) is 8.77. The number of fused-ring (bicyclic) bond motifs is 1. The summed E-state index contributed by atoms with van der Waals surface area (Å²) >= 11 is 3.36. The van der Waals surface area contributed by atoms with Gasteiger partial charge < -0.3 is 5.11 Å². The summed E-state index contributed by atoms with van der Waals surface area (Å²) in [5.74, 6) is -0.843. The second kappa shape index (κ2) is 5.49. The van der Waals surface area contributed by atoms with Gasteiger partial charge in [-0.15, -0.1) is 0 Å². The van der Waals surface area contributed by atoms with E-state index in [2.05, 4.69) is 20.9 Å². The molecule has 0 aliphatic heterocycles. The molecule has 77 valence electrons. The van der Waals surface area contributed by atoms with Gasteiger partial charge in [0, 0.05) is 41.1 Å². The van der Waals surface area contributed by atoms with Crippen LogP contribution in [-0.4, -0.2) is 34.9 Å². The van der Waals surface area contributed by atoms with Gasteiger partial charge >= 0.3 is 5.97 Å². The van der Waals surface area contributed by atoms with Crippen LogP contribution in [0.5, 0.6) is 0 Å². The predicted octanol–water partition coefficient (Wildman–Crippen LogP) is 2.24. The fourth-order valence-corrected chi connectivity index (χ4v) is 1.86. The molecule has 0 atom stereocenters. The molecule has 0 bridgehead atoms. The van der Waals surface area contributed by atoms with Crippen molar-refractivity contribution in [3.8, 4) is 0 Å². The van der Waals surface area contributed by atoms with Crippen LogP contribution in [0.3, 0.4) is 0 Å². The molecule has 0 saturated heterocycles. The molecule has 1 radical (unpaired) electrons. The molecule has 0 aliphatic carbocycles. The van der Waals surface area contributed by atoms with Gasteiger partial charge in [-0.1, -0.05) is 22.0 Å². The third-order valence-electron chi connectivity index (χ3n) is 2.15. The summed E-state index contributed by atoms with van der Waals surface area (Å²) in [6.45, 7) is 0. The molecular formula is C11H8BrLiNO2. The Bertz CT molecular complexity index is 530. The summed E-state index contributed by atoms with van der Waals surface area (Å²) in [4.78, 5) is 14.7. The number of benzene rings is 1. The van der Waals surface area contributed by atoms with E-state index in [1.807, 2.05) is 18.2 Å². The van der Waals surface area contributed by atoms with Gasteiger partial charge in [0.15, 0.2) is 0 Å². The summed E-state index contributed by atoms with van der Waals surface area (Å²) in [6.07, 6.45) is 3.33. The summed E-state index contributed by atoms with van der Waals surface area (Å²) < 4.78 is 0.938. The van der Waals surface area contributed by atoms with E-state index in [0.717, 1.165) is 20.8 Å². The van der Waals surface area contributed by atoms with Gasteiger partial charge in [0.1, 0.15) is 0 Å². The SMILES string of the molecule is O=C(O)Cc1cncc2ccc(Br)cc12.[Li]. The number of carboxylic acids is 1. The number of hydrogen-bond donors (Lipinski definition) is 1. The molecule has 2 aromatic rings. The number of carboxylic acid groups (broad SMARTS) is 1. The van der Waals surface area contributed by atoms with Gasteiger partial charge in [-0.25, -0.2) is 0 Å². The molecule has 0 spiro atoms. The summed E-state index contributed by atoms with van der Waals surface area (Å²) in [6, 6.07) is 5.74. The van der Waals surface area contributed by atoms with Crippen LogP contribution in [-0.2, 0) is 11.2 Å². The van der Waals surface area contributed by atoms with Crippen LogP contribution < -0.4 is 0 Å². The first kappa shape index (κ1) is 13.2. The van der Waals surface area contributed by atoms with Crippen molar-refractivity contribution in [1.29, 1.82) is 0 Å². The summed E-state index contributed by atoms with van der Waals surface area (Å²) in [5, 5.41) is 10.6. The van der Waals surface area contributed by atoms with Crippen LogP contribution in [0.2, 0.25) is 0 Å². The van der Waals surface area contributed by atoms with Crippen molar-refractivity contribution in [2.45, 2.75) is 6.42 Å². The van der Waals surface area contributed by atoms with E-state index >= 15 is 0 Å². The van der Waals surface area contributed by atoms with Gasteiger partial charge in [0.05, 0.1) is 6.42 Å². The molecule has 16 heavy (non-hydrogen) atoms. The monoisotopic (exact) mass is 272 g/mol. The number of rotatable bonds is 2. The van der Waals surface area contributed by atoms with E-state index in [0.29, 0.717) is 0 Å². The minimum atomic E-state index is -0.843. The van der Waals surface area contributed by atoms with Crippen LogP contribution in [0.1, 0.15) is 5.56 Å². The van der Waals surface area contributed by atoms with E-state index in [9.17, 15) is 4.79 Å². The Morgan fingerprint density at radius 3 is 2.81 bits per heavy atom. The Morgan fingerprint density at radius 1 is 1.38 bits per heavy atom. The van der Waals surface area contributed by atoms with E-state index < -0.39 is 5.97 Å². The Balaban J connectivity index is 0.00000128. The Kier molecular flexibility index (Phi) is 4.54. The van der Waals surface area contributed by atoms with Crippen molar-refractivity contribution in [3.63, 3.8) is 0 Å². The topological polar surface area (TPSA) is 50.2 Å². The Labute approximate surface area is 113 Å². The van der Waals surface area contributed by atoms with Crippen molar-refractivity contribution in [2.24, 2.45) is 0 Å². The maximum atomic E-state index is 10.7. The van der Waals surface area contributed by atoms with Crippen LogP contribution in [0, 0.1) is 0 Å². The number of aromatic nitrogens is 1. The van der Waals surface area contributed by atoms with E-state index in [1.54, 1.807) is 12.4 Å². The zero-order valence-corrected chi connectivity index (χ0v) is 10.4. The van der Waals surface area contributed by atoms with Crippen LogP contribution in [0.15, 0.2) is 35.1 Å². The van der Waals surface area contributed by atoms with Gasteiger partial charge in [-0.05, 0) is 23.1 Å². The van der Waals surface area contributed by atoms with E-state index in [4.69, 9.17) is 5.11 Å². The van der Waals surface area contributed by atoms with Crippen LogP contribution in [0.4, 0.5) is 0 Å². The summed E-state index contributed by atoms with van der Waals surface area (Å²) in [5.41, 5.74) is 0.737. The molecule has 1 N–H and O–H groups in total. The molecule has 0 unspecified atom stereocenters. The molecule has 3 nitrogen and oxygen atoms in total. The smallest absolute Gasteiger partial charge is 0.307 e. The number of hydrogen-bond acceptors (Lipinski definition) is 2. The standard InChI is InChI=1S/C11H8BrNO2.Li/c12-9-2-1-7-5-13-6-8(3-11(14)15)10(7)4-9;/h1-2,4-6H,3H2,(H,14,15);. The fraction of sp³-hybridized carbons (Fsp3) is 0.0909. The second-order valence-electron chi connectivity index (χ2n) is 3.23. The first-order valence-electron chi connectivity index (χ1n) is 4.41. The van der Waals surface area contributed by atoms with Crippen molar-refractivity contribution in [3.05, 3.63) is 40.6 Å². The van der Waals surface area contributed by atoms with Gasteiger partial charge in [0.2, 0.25) is 0 Å². The van der Waals surface area contributed by atoms with Crippen LogP contribution in [0.25, 0.3) is 10.8 Å². The van der Waals surface area contributed by atoms with E-state index in [1.165, 1.54) is 0 Å². The molecule has 0 fully saturated rings. The van der Waals surface area contributed by atoms with Gasteiger partial charge in [-0.2, -0.15) is 0 Å². The molecule has 2 rings (SSSR count). The number of carbonyl (C=O) groups is 1. The normalized spacial score (nSPS) is 9.81. The zero-order chi connectivity index (χ0) is 10.8. The third-order valence-corrected chi connectivity index (χ3v) is 2.64. The summed E-state index contributed by atoms with van der Waals surface area (Å²) in [7, 11) is 0. The molecule has 1 aromatic carbocycles. The van der Waals surface area contributed by atoms with Crippen molar-refractivity contribution >= 4 is 51.5 Å². The van der Waals surface area contributed by atoms with E-state index in [-0.39, 0.29) is 25.3 Å². The number of aliphatic carboxylic acids is 1. The molecule has 1 aromatic heterocycles. The van der Waals surface area contributed by atoms with Crippen molar-refractivity contribution in [2.75, 3.05) is 0 Å². The molecule has 5 heteroatoms. The Hall–Kier alpha value is -0.823. The van der Waals surface area contributed by atoms with Crippen LogP contribution >= 0.6 is 15.9 Å². The minimum absolute atomic E-state index is 0.